The molecule has 2 N–H and O–H groups in total. The van der Waals surface area contributed by atoms with Gasteiger partial charge in [0.2, 0.25) is 0 Å². The third kappa shape index (κ3) is 2.74. The number of ether oxygens (including phenoxy) is 2. The van der Waals surface area contributed by atoms with Crippen molar-refractivity contribution in [3.8, 4) is 17.6 Å². The molecule has 102 valence electrons. The van der Waals surface area contributed by atoms with E-state index in [1.54, 1.807) is 14.2 Å². The van der Waals surface area contributed by atoms with Gasteiger partial charge in [-0.2, -0.15) is 5.26 Å². The molecular formula is C14H19N3O2. The molecule has 0 aromatic heterocycles. The van der Waals surface area contributed by atoms with Crippen molar-refractivity contribution in [2.75, 3.05) is 32.2 Å². The lowest BCUT2D eigenvalue weighted by atomic mass is 9.91. The van der Waals surface area contributed by atoms with Gasteiger partial charge in [-0.15, -0.1) is 0 Å². The van der Waals surface area contributed by atoms with Gasteiger partial charge in [0.05, 0.1) is 20.3 Å². The molecule has 1 unspecified atom stereocenters. The highest BCUT2D eigenvalue weighted by Gasteiger charge is 2.31. The van der Waals surface area contributed by atoms with Crippen molar-refractivity contribution in [2.24, 2.45) is 5.73 Å². The van der Waals surface area contributed by atoms with E-state index in [2.05, 4.69) is 11.0 Å². The van der Waals surface area contributed by atoms with Crippen molar-refractivity contribution >= 4 is 5.69 Å². The minimum absolute atomic E-state index is 0.541. The van der Waals surface area contributed by atoms with Gasteiger partial charge in [0.15, 0.2) is 11.5 Å². The average molecular weight is 261 g/mol. The Morgan fingerprint density at radius 1 is 1.32 bits per heavy atom. The Morgan fingerprint density at radius 2 is 2.05 bits per heavy atom. The standard InChI is InChI=1S/C14H19N3O2/c1-18-12-5-4-11(8-13(12)19-2)17-7-3-6-14(16,9-15)10-17/h4-5,8H,3,6-7,10,16H2,1-2H3. The summed E-state index contributed by atoms with van der Waals surface area (Å²) in [6, 6.07) is 7.96. The molecule has 0 spiro atoms. The third-order valence-corrected chi connectivity index (χ3v) is 3.48. The summed E-state index contributed by atoms with van der Waals surface area (Å²) in [6.45, 7) is 1.44. The number of nitriles is 1. The first-order valence-corrected chi connectivity index (χ1v) is 6.29. The summed E-state index contributed by atoms with van der Waals surface area (Å²) >= 11 is 0. The normalized spacial score (nSPS) is 22.7. The van der Waals surface area contributed by atoms with Gasteiger partial charge in [0.1, 0.15) is 5.54 Å². The lowest BCUT2D eigenvalue weighted by Crippen LogP contribution is -2.53. The summed E-state index contributed by atoms with van der Waals surface area (Å²) in [5.74, 6) is 1.38. The van der Waals surface area contributed by atoms with Crippen molar-refractivity contribution in [3.05, 3.63) is 18.2 Å². The first-order chi connectivity index (χ1) is 9.11. The molecule has 0 radical (unpaired) electrons. The molecule has 5 heteroatoms. The van der Waals surface area contributed by atoms with E-state index in [9.17, 15) is 0 Å². The van der Waals surface area contributed by atoms with Crippen LogP contribution in [-0.2, 0) is 0 Å². The Kier molecular flexibility index (Phi) is 3.82. The lowest BCUT2D eigenvalue weighted by molar-refractivity contribution is 0.354. The first kappa shape index (κ1) is 13.5. The van der Waals surface area contributed by atoms with Gasteiger partial charge in [0.25, 0.3) is 0 Å². The molecule has 1 aromatic carbocycles. The third-order valence-electron chi connectivity index (χ3n) is 3.48. The molecule has 1 atom stereocenters. The van der Waals surface area contributed by atoms with Gasteiger partial charge in [-0.05, 0) is 25.0 Å². The molecule has 1 heterocycles. The van der Waals surface area contributed by atoms with Crippen LogP contribution >= 0.6 is 0 Å². The van der Waals surface area contributed by atoms with E-state index in [-0.39, 0.29) is 0 Å². The van der Waals surface area contributed by atoms with Crippen LogP contribution in [0.5, 0.6) is 11.5 Å². The molecule has 0 saturated carbocycles. The summed E-state index contributed by atoms with van der Waals surface area (Å²) < 4.78 is 10.5. The fourth-order valence-corrected chi connectivity index (χ4v) is 2.42. The average Bonchev–Trinajstić information content (AvgIpc) is 2.46. The maximum Gasteiger partial charge on any atom is 0.162 e. The number of benzene rings is 1. The van der Waals surface area contributed by atoms with Crippen LogP contribution in [0.15, 0.2) is 18.2 Å². The fourth-order valence-electron chi connectivity index (χ4n) is 2.42. The molecule has 19 heavy (non-hydrogen) atoms. The van der Waals surface area contributed by atoms with Gasteiger partial charge in [-0.25, -0.2) is 0 Å². The zero-order valence-corrected chi connectivity index (χ0v) is 11.3. The number of methoxy groups -OCH3 is 2. The number of rotatable bonds is 3. The smallest absolute Gasteiger partial charge is 0.162 e. The molecule has 1 aromatic rings. The zero-order chi connectivity index (χ0) is 13.9. The van der Waals surface area contributed by atoms with E-state index in [0.29, 0.717) is 18.0 Å². The lowest BCUT2D eigenvalue weighted by Gasteiger charge is -2.37. The highest BCUT2D eigenvalue weighted by atomic mass is 16.5. The van der Waals surface area contributed by atoms with Crippen LogP contribution in [0.1, 0.15) is 12.8 Å². The highest BCUT2D eigenvalue weighted by molar-refractivity contribution is 5.57. The summed E-state index contributed by atoms with van der Waals surface area (Å²) in [4.78, 5) is 2.12. The fraction of sp³-hybridized carbons (Fsp3) is 0.500. The van der Waals surface area contributed by atoms with Gasteiger partial charge >= 0.3 is 0 Å². The second kappa shape index (κ2) is 5.37. The minimum Gasteiger partial charge on any atom is -0.493 e. The molecule has 5 nitrogen and oxygen atoms in total. The molecule has 1 aliphatic heterocycles. The minimum atomic E-state index is -0.759. The van der Waals surface area contributed by atoms with E-state index in [0.717, 1.165) is 25.1 Å². The van der Waals surface area contributed by atoms with Crippen molar-refractivity contribution in [1.29, 1.82) is 5.26 Å². The van der Waals surface area contributed by atoms with Crippen LogP contribution in [-0.4, -0.2) is 32.8 Å². The molecular weight excluding hydrogens is 242 g/mol. The summed E-state index contributed by atoms with van der Waals surface area (Å²) in [6.07, 6.45) is 1.66. The van der Waals surface area contributed by atoms with Crippen molar-refractivity contribution in [1.82, 2.24) is 0 Å². The molecule has 0 bridgehead atoms. The number of piperidine rings is 1. The Labute approximate surface area is 113 Å². The maximum atomic E-state index is 9.15. The number of nitrogens with two attached hydrogens (primary N) is 1. The van der Waals surface area contributed by atoms with E-state index >= 15 is 0 Å². The highest BCUT2D eigenvalue weighted by Crippen LogP contribution is 2.33. The Bertz CT molecular complexity index is 498. The van der Waals surface area contributed by atoms with E-state index in [4.69, 9.17) is 20.5 Å². The van der Waals surface area contributed by atoms with Gasteiger partial charge < -0.3 is 20.1 Å². The zero-order valence-electron chi connectivity index (χ0n) is 11.3. The maximum absolute atomic E-state index is 9.15. The monoisotopic (exact) mass is 261 g/mol. The summed E-state index contributed by atoms with van der Waals surface area (Å²) in [7, 11) is 3.22. The Morgan fingerprint density at radius 3 is 2.68 bits per heavy atom. The number of hydrogen-bond donors (Lipinski definition) is 1. The van der Waals surface area contributed by atoms with Crippen molar-refractivity contribution < 1.29 is 9.47 Å². The largest absolute Gasteiger partial charge is 0.493 e. The van der Waals surface area contributed by atoms with E-state index < -0.39 is 5.54 Å². The van der Waals surface area contributed by atoms with Gasteiger partial charge in [-0.3, -0.25) is 0 Å². The molecule has 1 aliphatic rings. The molecule has 0 amide bonds. The molecule has 1 fully saturated rings. The first-order valence-electron chi connectivity index (χ1n) is 6.29. The van der Waals surface area contributed by atoms with Crippen LogP contribution in [0, 0.1) is 11.3 Å². The molecule has 2 rings (SSSR count). The second-order valence-electron chi connectivity index (χ2n) is 4.83. The predicted octanol–water partition coefficient (Wildman–Crippen LogP) is 1.53. The number of anilines is 1. The molecule has 1 saturated heterocycles. The number of nitrogens with zero attached hydrogens (tertiary/aromatic N) is 2. The van der Waals surface area contributed by atoms with Gasteiger partial charge in [0, 0.05) is 24.8 Å². The quantitative estimate of drug-likeness (QED) is 0.893. The van der Waals surface area contributed by atoms with Crippen LogP contribution < -0.4 is 20.1 Å². The summed E-state index contributed by atoms with van der Waals surface area (Å²) in [5, 5.41) is 9.15. The van der Waals surface area contributed by atoms with E-state index in [1.807, 2.05) is 18.2 Å². The van der Waals surface area contributed by atoms with Gasteiger partial charge in [-0.1, -0.05) is 0 Å². The topological polar surface area (TPSA) is 71.5 Å². The van der Waals surface area contributed by atoms with Crippen molar-refractivity contribution in [3.63, 3.8) is 0 Å². The SMILES string of the molecule is COc1ccc(N2CCCC(N)(C#N)C2)cc1OC. The molecule has 0 aliphatic carbocycles. The number of hydrogen-bond acceptors (Lipinski definition) is 5. The van der Waals surface area contributed by atoms with Crippen LogP contribution in [0.4, 0.5) is 5.69 Å². The predicted molar refractivity (Wildman–Crippen MR) is 73.5 cm³/mol. The summed E-state index contributed by atoms with van der Waals surface area (Å²) in [5.41, 5.74) is 6.30. The van der Waals surface area contributed by atoms with Crippen LogP contribution in [0.3, 0.4) is 0 Å². The van der Waals surface area contributed by atoms with Crippen LogP contribution in [0.2, 0.25) is 0 Å². The van der Waals surface area contributed by atoms with E-state index in [1.165, 1.54) is 0 Å². The Hall–Kier alpha value is -1.93. The van der Waals surface area contributed by atoms with Crippen molar-refractivity contribution in [2.45, 2.75) is 18.4 Å². The van der Waals surface area contributed by atoms with Crippen LogP contribution in [0.25, 0.3) is 0 Å². The Balaban J connectivity index is 2.25. The second-order valence-corrected chi connectivity index (χ2v) is 4.83.